The first-order chi connectivity index (χ1) is 4.66. The van der Waals surface area contributed by atoms with Crippen molar-refractivity contribution in [2.45, 2.75) is 25.7 Å². The highest BCUT2D eigenvalue weighted by Gasteiger charge is 2.01. The molecule has 0 aromatic rings. The van der Waals surface area contributed by atoms with E-state index in [1.807, 2.05) is 6.26 Å². The second kappa shape index (κ2) is 5.71. The number of allylic oxidation sites excluding steroid dienone is 1. The molecule has 0 saturated heterocycles. The molecule has 0 nitrogen and oxygen atoms in total. The molecular formula is C7H12F2S. The first-order valence-corrected chi connectivity index (χ1v) is 4.39. The summed E-state index contributed by atoms with van der Waals surface area (Å²) in [5.41, 5.74) is 0. The maximum absolute atomic E-state index is 11.6. The highest BCUT2D eigenvalue weighted by Crippen LogP contribution is 2.17. The van der Waals surface area contributed by atoms with Gasteiger partial charge in [-0.25, -0.2) is 8.78 Å². The lowest BCUT2D eigenvalue weighted by Crippen LogP contribution is -1.89. The van der Waals surface area contributed by atoms with Crippen molar-refractivity contribution < 1.29 is 8.78 Å². The fourth-order valence-electron chi connectivity index (χ4n) is 0.556. The zero-order chi connectivity index (χ0) is 7.98. The Hall–Kier alpha value is -0.0500. The molecule has 0 N–H and O–H groups in total. The minimum absolute atomic E-state index is 0.000417. The van der Waals surface area contributed by atoms with E-state index in [0.717, 1.165) is 4.91 Å². The van der Waals surface area contributed by atoms with E-state index in [1.54, 1.807) is 0 Å². The van der Waals surface area contributed by atoms with Gasteiger partial charge in [-0.3, -0.25) is 0 Å². The van der Waals surface area contributed by atoms with Crippen molar-refractivity contribution in [3.63, 3.8) is 0 Å². The van der Waals surface area contributed by atoms with Crippen LogP contribution in [0.3, 0.4) is 0 Å². The van der Waals surface area contributed by atoms with Gasteiger partial charge >= 0.3 is 0 Å². The Kier molecular flexibility index (Phi) is 5.69. The molecule has 0 radical (unpaired) electrons. The van der Waals surface area contributed by atoms with Crippen LogP contribution in [0, 0.1) is 0 Å². The van der Waals surface area contributed by atoms with Crippen molar-refractivity contribution in [2.24, 2.45) is 0 Å². The van der Waals surface area contributed by atoms with Crippen LogP contribution in [0.25, 0.3) is 0 Å². The SMILES string of the molecule is C=C(CCCC(F)F)SC. The fourth-order valence-corrected chi connectivity index (χ4v) is 0.904. The largest absolute Gasteiger partial charge is 0.238 e. The average molecular weight is 166 g/mol. The zero-order valence-electron chi connectivity index (χ0n) is 6.07. The Balaban J connectivity index is 3.12. The first kappa shape index (κ1) is 9.95. The minimum Gasteiger partial charge on any atom is -0.211 e. The smallest absolute Gasteiger partial charge is 0.211 e. The van der Waals surface area contributed by atoms with Crippen molar-refractivity contribution in [2.75, 3.05) is 6.26 Å². The minimum atomic E-state index is -2.16. The lowest BCUT2D eigenvalue weighted by atomic mass is 10.2. The summed E-state index contributed by atoms with van der Waals surface area (Å²) in [6.07, 6.45) is 1.02. The molecule has 0 amide bonds. The van der Waals surface area contributed by atoms with Gasteiger partial charge in [0.2, 0.25) is 6.43 Å². The van der Waals surface area contributed by atoms with Gasteiger partial charge in [-0.1, -0.05) is 6.58 Å². The zero-order valence-corrected chi connectivity index (χ0v) is 6.89. The van der Waals surface area contributed by atoms with E-state index in [0.29, 0.717) is 12.8 Å². The van der Waals surface area contributed by atoms with Gasteiger partial charge in [0.1, 0.15) is 0 Å². The molecule has 0 spiro atoms. The van der Waals surface area contributed by atoms with Crippen LogP contribution >= 0.6 is 11.8 Å². The second-order valence-electron chi connectivity index (χ2n) is 2.03. The number of halogens is 2. The van der Waals surface area contributed by atoms with Crippen molar-refractivity contribution >= 4 is 11.8 Å². The molecule has 3 heteroatoms. The van der Waals surface area contributed by atoms with Crippen LogP contribution in [-0.2, 0) is 0 Å². The Labute approximate surface area is 64.7 Å². The molecule has 10 heavy (non-hydrogen) atoms. The van der Waals surface area contributed by atoms with Gasteiger partial charge in [-0.2, -0.15) is 0 Å². The average Bonchev–Trinajstić information content (AvgIpc) is 1.87. The summed E-state index contributed by atoms with van der Waals surface area (Å²) in [5.74, 6) is 0. The summed E-state index contributed by atoms with van der Waals surface area (Å²) < 4.78 is 23.1. The molecule has 0 atom stereocenters. The van der Waals surface area contributed by atoms with E-state index in [1.165, 1.54) is 11.8 Å². The van der Waals surface area contributed by atoms with Crippen LogP contribution in [0.5, 0.6) is 0 Å². The topological polar surface area (TPSA) is 0 Å². The molecule has 0 fully saturated rings. The van der Waals surface area contributed by atoms with Crippen LogP contribution in [-0.4, -0.2) is 12.7 Å². The molecular weight excluding hydrogens is 154 g/mol. The maximum atomic E-state index is 11.6. The Morgan fingerprint density at radius 1 is 1.60 bits per heavy atom. The third-order valence-corrected chi connectivity index (χ3v) is 1.95. The molecule has 0 unspecified atom stereocenters. The van der Waals surface area contributed by atoms with Crippen molar-refractivity contribution in [3.05, 3.63) is 11.5 Å². The van der Waals surface area contributed by atoms with Gasteiger partial charge in [0.05, 0.1) is 0 Å². The monoisotopic (exact) mass is 166 g/mol. The van der Waals surface area contributed by atoms with Gasteiger partial charge in [-0.05, 0) is 24.0 Å². The normalized spacial score (nSPS) is 10.4. The standard InChI is InChI=1S/C7H12F2S/c1-6(10-2)4-3-5-7(8)9/h7H,1,3-5H2,2H3. The van der Waals surface area contributed by atoms with E-state index in [4.69, 9.17) is 0 Å². The van der Waals surface area contributed by atoms with E-state index < -0.39 is 6.43 Å². The fraction of sp³-hybridized carbons (Fsp3) is 0.714. The number of hydrogen-bond donors (Lipinski definition) is 0. The van der Waals surface area contributed by atoms with Gasteiger partial charge in [-0.15, -0.1) is 11.8 Å². The molecule has 0 saturated carbocycles. The summed E-state index contributed by atoms with van der Waals surface area (Å²) >= 11 is 1.54. The van der Waals surface area contributed by atoms with Gasteiger partial charge < -0.3 is 0 Å². The molecule has 0 aliphatic carbocycles. The van der Waals surface area contributed by atoms with E-state index in [9.17, 15) is 8.78 Å². The Morgan fingerprint density at radius 3 is 2.60 bits per heavy atom. The quantitative estimate of drug-likeness (QED) is 0.604. The number of rotatable bonds is 5. The van der Waals surface area contributed by atoms with Crippen LogP contribution in [0.15, 0.2) is 11.5 Å². The summed E-state index contributed by atoms with van der Waals surface area (Å²) in [6, 6.07) is 0. The molecule has 0 aromatic carbocycles. The van der Waals surface area contributed by atoms with Crippen molar-refractivity contribution in [3.8, 4) is 0 Å². The molecule has 0 rings (SSSR count). The lowest BCUT2D eigenvalue weighted by Gasteiger charge is -2.00. The van der Waals surface area contributed by atoms with Crippen molar-refractivity contribution in [1.82, 2.24) is 0 Å². The maximum Gasteiger partial charge on any atom is 0.238 e. The molecule has 0 bridgehead atoms. The molecule has 0 heterocycles. The third-order valence-electron chi connectivity index (χ3n) is 1.17. The third kappa shape index (κ3) is 6.08. The molecule has 0 aliphatic heterocycles. The number of alkyl halides is 2. The van der Waals surface area contributed by atoms with Crippen LogP contribution in [0.4, 0.5) is 8.78 Å². The summed E-state index contributed by atoms with van der Waals surface area (Å²) in [4.78, 5) is 0.987. The van der Waals surface area contributed by atoms with Gasteiger partial charge in [0.15, 0.2) is 0 Å². The predicted octanol–water partition coefficient (Wildman–Crippen LogP) is 3.30. The molecule has 0 aliphatic rings. The van der Waals surface area contributed by atoms with Crippen LogP contribution in [0.1, 0.15) is 19.3 Å². The van der Waals surface area contributed by atoms with E-state index >= 15 is 0 Å². The first-order valence-electron chi connectivity index (χ1n) is 3.16. The molecule has 60 valence electrons. The molecule has 0 aromatic heterocycles. The van der Waals surface area contributed by atoms with E-state index in [-0.39, 0.29) is 6.42 Å². The number of hydrogen-bond acceptors (Lipinski definition) is 1. The predicted molar refractivity (Wildman–Crippen MR) is 42.5 cm³/mol. The summed E-state index contributed by atoms with van der Waals surface area (Å²) in [6.45, 7) is 3.69. The number of thioether (sulfide) groups is 1. The Morgan fingerprint density at radius 2 is 2.20 bits per heavy atom. The van der Waals surface area contributed by atoms with Crippen LogP contribution in [0.2, 0.25) is 0 Å². The Bertz CT molecular complexity index is 102. The highest BCUT2D eigenvalue weighted by molar-refractivity contribution is 8.02. The lowest BCUT2D eigenvalue weighted by molar-refractivity contribution is 0.135. The summed E-state index contributed by atoms with van der Waals surface area (Å²) in [5, 5.41) is 0. The summed E-state index contributed by atoms with van der Waals surface area (Å²) in [7, 11) is 0. The van der Waals surface area contributed by atoms with Crippen LogP contribution < -0.4 is 0 Å². The van der Waals surface area contributed by atoms with E-state index in [2.05, 4.69) is 6.58 Å². The van der Waals surface area contributed by atoms with Gasteiger partial charge in [0, 0.05) is 6.42 Å². The van der Waals surface area contributed by atoms with Gasteiger partial charge in [0.25, 0.3) is 0 Å². The van der Waals surface area contributed by atoms with Crippen molar-refractivity contribution in [1.29, 1.82) is 0 Å². The second-order valence-corrected chi connectivity index (χ2v) is 3.01. The highest BCUT2D eigenvalue weighted by atomic mass is 32.2.